The predicted octanol–water partition coefficient (Wildman–Crippen LogP) is 5.71. The lowest BCUT2D eigenvalue weighted by molar-refractivity contribution is 0.0685. The van der Waals surface area contributed by atoms with Crippen LogP contribution in [0.25, 0.3) is 0 Å². The topological polar surface area (TPSA) is 58.2 Å². The lowest BCUT2D eigenvalue weighted by Crippen LogP contribution is -2.39. The molecular weight excluding hydrogens is 422 g/mol. The highest BCUT2D eigenvalue weighted by Gasteiger charge is 2.25. The number of rotatable bonds is 10. The molecule has 5 heteroatoms. The standard InChI is InChI=1S/C29H37N3O2/c1-22(7-6-10-23-8-4-3-5-9-23)17-26-19-25(11-12-28(26)34-2)18-24-13-15-32(16-14-24)29(33)27-20-30-21-31-27/h3-5,8-9,11-12,19-22,24H,6-7,10,13-18H2,1-2H3,(H,30,31). The molecule has 1 amide bonds. The number of carbonyl (C=O) groups excluding carboxylic acids is 1. The van der Waals surface area contributed by atoms with Crippen molar-refractivity contribution in [3.8, 4) is 5.75 Å². The molecule has 1 aliphatic heterocycles. The third-order valence-electron chi connectivity index (χ3n) is 7.06. The van der Waals surface area contributed by atoms with Gasteiger partial charge in [0.25, 0.3) is 5.91 Å². The number of nitrogens with one attached hydrogen (secondary N) is 1. The number of piperidine rings is 1. The van der Waals surface area contributed by atoms with Crippen LogP contribution in [-0.2, 0) is 19.3 Å². The van der Waals surface area contributed by atoms with Gasteiger partial charge in [-0.2, -0.15) is 0 Å². The molecule has 34 heavy (non-hydrogen) atoms. The number of carbonyl (C=O) groups is 1. The minimum Gasteiger partial charge on any atom is -0.496 e. The number of imidazole rings is 1. The number of H-pyrrole nitrogens is 1. The van der Waals surface area contributed by atoms with Crippen LogP contribution < -0.4 is 4.74 Å². The number of amides is 1. The van der Waals surface area contributed by atoms with E-state index in [4.69, 9.17) is 4.74 Å². The quantitative estimate of drug-likeness (QED) is 0.422. The molecule has 1 atom stereocenters. The number of ether oxygens (including phenoxy) is 1. The van der Waals surface area contributed by atoms with Crippen molar-refractivity contribution >= 4 is 5.91 Å². The van der Waals surface area contributed by atoms with Gasteiger partial charge in [-0.05, 0) is 73.1 Å². The summed E-state index contributed by atoms with van der Waals surface area (Å²) in [6.45, 7) is 3.96. The second-order valence-corrected chi connectivity index (χ2v) is 9.73. The summed E-state index contributed by atoms with van der Waals surface area (Å²) in [5, 5.41) is 0. The SMILES string of the molecule is COc1ccc(CC2CCN(C(=O)c3c[nH]cn3)CC2)cc1CC(C)CCCc1ccccc1. The third-order valence-corrected chi connectivity index (χ3v) is 7.06. The van der Waals surface area contributed by atoms with Crippen LogP contribution in [0.5, 0.6) is 5.75 Å². The first kappa shape index (κ1) is 24.1. The Labute approximate surface area is 203 Å². The van der Waals surface area contributed by atoms with Gasteiger partial charge >= 0.3 is 0 Å². The molecule has 2 aromatic carbocycles. The van der Waals surface area contributed by atoms with Gasteiger partial charge in [0.1, 0.15) is 11.4 Å². The molecule has 0 bridgehead atoms. The molecule has 1 aromatic heterocycles. The second kappa shape index (κ2) is 11.9. The summed E-state index contributed by atoms with van der Waals surface area (Å²) in [7, 11) is 1.77. The number of likely N-dealkylation sites (tertiary alicyclic amines) is 1. The van der Waals surface area contributed by atoms with Gasteiger partial charge in [0, 0.05) is 19.3 Å². The molecule has 0 radical (unpaired) electrons. The average molecular weight is 460 g/mol. The van der Waals surface area contributed by atoms with Crippen molar-refractivity contribution in [2.45, 2.75) is 51.9 Å². The monoisotopic (exact) mass is 459 g/mol. The first-order valence-electron chi connectivity index (χ1n) is 12.6. The summed E-state index contributed by atoms with van der Waals surface area (Å²) in [6, 6.07) is 17.5. The molecule has 4 rings (SSSR count). The summed E-state index contributed by atoms with van der Waals surface area (Å²) in [6.07, 6.45) is 11.0. The van der Waals surface area contributed by atoms with E-state index < -0.39 is 0 Å². The van der Waals surface area contributed by atoms with Crippen LogP contribution in [0, 0.1) is 11.8 Å². The maximum atomic E-state index is 12.5. The van der Waals surface area contributed by atoms with E-state index in [9.17, 15) is 4.79 Å². The molecule has 3 aromatic rings. The minimum absolute atomic E-state index is 0.0349. The molecule has 1 N–H and O–H groups in total. The number of methoxy groups -OCH3 is 1. The summed E-state index contributed by atoms with van der Waals surface area (Å²) in [5.74, 6) is 2.25. The Morgan fingerprint density at radius 1 is 1.15 bits per heavy atom. The maximum absolute atomic E-state index is 12.5. The zero-order valence-electron chi connectivity index (χ0n) is 20.5. The van der Waals surface area contributed by atoms with E-state index in [0.717, 1.165) is 50.9 Å². The fourth-order valence-electron chi connectivity index (χ4n) is 5.11. The van der Waals surface area contributed by atoms with Gasteiger partial charge in [0.2, 0.25) is 0 Å². The molecule has 0 spiro atoms. The van der Waals surface area contributed by atoms with Crippen molar-refractivity contribution in [2.24, 2.45) is 11.8 Å². The predicted molar refractivity (Wildman–Crippen MR) is 136 cm³/mol. The van der Waals surface area contributed by atoms with E-state index in [0.29, 0.717) is 17.5 Å². The molecule has 1 aliphatic rings. The van der Waals surface area contributed by atoms with Crippen molar-refractivity contribution in [3.05, 3.63) is 83.4 Å². The summed E-state index contributed by atoms with van der Waals surface area (Å²) < 4.78 is 5.69. The Morgan fingerprint density at radius 3 is 2.65 bits per heavy atom. The molecule has 5 nitrogen and oxygen atoms in total. The average Bonchev–Trinajstić information content (AvgIpc) is 3.40. The third kappa shape index (κ3) is 6.49. The van der Waals surface area contributed by atoms with Gasteiger partial charge in [-0.25, -0.2) is 4.98 Å². The summed E-state index contributed by atoms with van der Waals surface area (Å²) >= 11 is 0. The second-order valence-electron chi connectivity index (χ2n) is 9.73. The lowest BCUT2D eigenvalue weighted by Gasteiger charge is -2.31. The zero-order valence-corrected chi connectivity index (χ0v) is 20.5. The van der Waals surface area contributed by atoms with Crippen LogP contribution in [0.4, 0.5) is 0 Å². The van der Waals surface area contributed by atoms with Crippen molar-refractivity contribution in [2.75, 3.05) is 20.2 Å². The molecule has 1 saturated heterocycles. The largest absolute Gasteiger partial charge is 0.496 e. The Kier molecular flexibility index (Phi) is 8.40. The van der Waals surface area contributed by atoms with Crippen molar-refractivity contribution in [3.63, 3.8) is 0 Å². The van der Waals surface area contributed by atoms with E-state index in [1.54, 1.807) is 19.6 Å². The maximum Gasteiger partial charge on any atom is 0.274 e. The highest BCUT2D eigenvalue weighted by atomic mass is 16.5. The first-order valence-corrected chi connectivity index (χ1v) is 12.6. The summed E-state index contributed by atoms with van der Waals surface area (Å²) in [4.78, 5) is 21.4. The van der Waals surface area contributed by atoms with Crippen molar-refractivity contribution in [1.82, 2.24) is 14.9 Å². The van der Waals surface area contributed by atoms with Crippen molar-refractivity contribution in [1.29, 1.82) is 0 Å². The fraction of sp³-hybridized carbons (Fsp3) is 0.448. The van der Waals surface area contributed by atoms with Crippen LogP contribution in [0.2, 0.25) is 0 Å². The fourth-order valence-corrected chi connectivity index (χ4v) is 5.11. The van der Waals surface area contributed by atoms with Crippen molar-refractivity contribution < 1.29 is 9.53 Å². The molecule has 2 heterocycles. The normalized spacial score (nSPS) is 15.3. The Morgan fingerprint density at radius 2 is 1.94 bits per heavy atom. The number of nitrogens with zero attached hydrogens (tertiary/aromatic N) is 2. The highest BCUT2D eigenvalue weighted by molar-refractivity contribution is 5.92. The lowest BCUT2D eigenvalue weighted by atomic mass is 9.88. The van der Waals surface area contributed by atoms with Gasteiger partial charge < -0.3 is 14.6 Å². The molecule has 0 saturated carbocycles. The van der Waals surface area contributed by atoms with Gasteiger partial charge in [-0.15, -0.1) is 0 Å². The number of aryl methyl sites for hydroxylation is 1. The summed E-state index contributed by atoms with van der Waals surface area (Å²) in [5.41, 5.74) is 4.63. The molecule has 0 aliphatic carbocycles. The van der Waals surface area contributed by atoms with E-state index >= 15 is 0 Å². The van der Waals surface area contributed by atoms with Gasteiger partial charge in [0.05, 0.1) is 13.4 Å². The number of hydrogen-bond acceptors (Lipinski definition) is 3. The zero-order chi connectivity index (χ0) is 23.8. The van der Waals surface area contributed by atoms with Crippen LogP contribution in [-0.4, -0.2) is 41.0 Å². The smallest absolute Gasteiger partial charge is 0.274 e. The van der Waals surface area contributed by atoms with Crippen LogP contribution in [0.3, 0.4) is 0 Å². The Hall–Kier alpha value is -3.08. The van der Waals surface area contributed by atoms with Crippen LogP contribution >= 0.6 is 0 Å². The van der Waals surface area contributed by atoms with Crippen LogP contribution in [0.15, 0.2) is 61.1 Å². The van der Waals surface area contributed by atoms with Gasteiger partial charge in [-0.3, -0.25) is 4.79 Å². The minimum atomic E-state index is 0.0349. The van der Waals surface area contributed by atoms with E-state index in [-0.39, 0.29) is 5.91 Å². The van der Waals surface area contributed by atoms with Crippen LogP contribution in [0.1, 0.15) is 59.8 Å². The Bertz CT molecular complexity index is 1020. The first-order chi connectivity index (χ1) is 16.6. The van der Waals surface area contributed by atoms with Gasteiger partial charge in [-0.1, -0.05) is 55.8 Å². The molecular formula is C29H37N3O2. The molecule has 180 valence electrons. The highest BCUT2D eigenvalue weighted by Crippen LogP contribution is 2.28. The number of aromatic nitrogens is 2. The Balaban J connectivity index is 1.28. The number of benzene rings is 2. The molecule has 1 unspecified atom stereocenters. The van der Waals surface area contributed by atoms with E-state index in [2.05, 4.69) is 65.4 Å². The van der Waals surface area contributed by atoms with Gasteiger partial charge in [0.15, 0.2) is 0 Å². The van der Waals surface area contributed by atoms with E-state index in [1.165, 1.54) is 29.5 Å². The van der Waals surface area contributed by atoms with E-state index in [1.807, 2.05) is 4.90 Å². The number of aromatic amines is 1. The molecule has 1 fully saturated rings. The number of hydrogen-bond donors (Lipinski definition) is 1.